The molecule has 84 valence electrons. The van der Waals surface area contributed by atoms with Gasteiger partial charge in [-0.15, -0.1) is 0 Å². The molecule has 0 amide bonds. The Balaban J connectivity index is 2.10. The van der Waals surface area contributed by atoms with Crippen LogP contribution in [0.2, 0.25) is 0 Å². The lowest BCUT2D eigenvalue weighted by atomic mass is 10.3. The summed E-state index contributed by atoms with van der Waals surface area (Å²) in [6, 6.07) is 7.28. The zero-order chi connectivity index (χ0) is 11.8. The molecule has 2 aromatic heterocycles. The molecule has 0 aliphatic rings. The number of carboxylic acid groups (broad SMARTS) is 1. The van der Waals surface area contributed by atoms with Crippen molar-refractivity contribution in [3.63, 3.8) is 0 Å². The first kappa shape index (κ1) is 9.59. The van der Waals surface area contributed by atoms with Gasteiger partial charge in [0.05, 0.1) is 6.20 Å². The highest BCUT2D eigenvalue weighted by Gasteiger charge is 2.13. The van der Waals surface area contributed by atoms with Gasteiger partial charge in [0, 0.05) is 0 Å². The van der Waals surface area contributed by atoms with Crippen molar-refractivity contribution in [3.8, 4) is 11.7 Å². The van der Waals surface area contributed by atoms with E-state index in [1.54, 1.807) is 6.07 Å². The standard InChI is InChI=1S/C11H7N3O3/c15-11(16)7-5-12-9(13-7)10-14-6-3-1-2-4-8(6)17-10/h1-5H,(H,12,13)(H,15,16). The Bertz CT molecular complexity index is 666. The molecule has 0 fully saturated rings. The van der Waals surface area contributed by atoms with E-state index in [0.717, 1.165) is 0 Å². The molecule has 0 aliphatic heterocycles. The van der Waals surface area contributed by atoms with Crippen LogP contribution in [0.3, 0.4) is 0 Å². The van der Waals surface area contributed by atoms with Crippen molar-refractivity contribution in [1.29, 1.82) is 0 Å². The van der Waals surface area contributed by atoms with Crippen molar-refractivity contribution in [3.05, 3.63) is 36.2 Å². The van der Waals surface area contributed by atoms with Crippen LogP contribution in [0.25, 0.3) is 22.8 Å². The maximum atomic E-state index is 10.7. The second-order valence-electron chi connectivity index (χ2n) is 3.44. The Labute approximate surface area is 94.9 Å². The fraction of sp³-hybridized carbons (Fsp3) is 0. The number of benzene rings is 1. The summed E-state index contributed by atoms with van der Waals surface area (Å²) in [6.07, 6.45) is 1.23. The fourth-order valence-electron chi connectivity index (χ4n) is 1.51. The van der Waals surface area contributed by atoms with Crippen molar-refractivity contribution in [2.45, 2.75) is 0 Å². The lowest BCUT2D eigenvalue weighted by molar-refractivity contribution is 0.0691. The molecule has 3 rings (SSSR count). The van der Waals surface area contributed by atoms with Gasteiger partial charge in [0.25, 0.3) is 5.89 Å². The number of nitrogens with zero attached hydrogens (tertiary/aromatic N) is 2. The van der Waals surface area contributed by atoms with Gasteiger partial charge in [0.15, 0.2) is 11.4 Å². The summed E-state index contributed by atoms with van der Waals surface area (Å²) in [4.78, 5) is 21.4. The number of para-hydroxylation sites is 2. The zero-order valence-corrected chi connectivity index (χ0v) is 8.54. The number of aromatic carboxylic acids is 1. The smallest absolute Gasteiger partial charge is 0.353 e. The van der Waals surface area contributed by atoms with Gasteiger partial charge in [-0.3, -0.25) is 0 Å². The molecule has 6 heteroatoms. The number of imidazole rings is 1. The van der Waals surface area contributed by atoms with Gasteiger partial charge in [-0.25, -0.2) is 14.8 Å². The molecule has 0 saturated heterocycles. The average molecular weight is 229 g/mol. The first-order valence-electron chi connectivity index (χ1n) is 4.88. The zero-order valence-electron chi connectivity index (χ0n) is 8.54. The van der Waals surface area contributed by atoms with Crippen LogP contribution in [0.4, 0.5) is 0 Å². The minimum Gasteiger partial charge on any atom is -0.477 e. The third-order valence-corrected chi connectivity index (χ3v) is 2.30. The summed E-state index contributed by atoms with van der Waals surface area (Å²) in [5.74, 6) is -0.489. The van der Waals surface area contributed by atoms with E-state index in [4.69, 9.17) is 9.52 Å². The Kier molecular flexibility index (Phi) is 1.94. The van der Waals surface area contributed by atoms with E-state index in [1.807, 2.05) is 18.2 Å². The number of hydrogen-bond donors (Lipinski definition) is 2. The minimum atomic E-state index is -1.07. The van der Waals surface area contributed by atoms with Crippen LogP contribution in [-0.4, -0.2) is 26.0 Å². The van der Waals surface area contributed by atoms with Crippen molar-refractivity contribution in [2.75, 3.05) is 0 Å². The monoisotopic (exact) mass is 229 g/mol. The molecule has 3 aromatic rings. The third-order valence-electron chi connectivity index (χ3n) is 2.30. The average Bonchev–Trinajstić information content (AvgIpc) is 2.95. The van der Waals surface area contributed by atoms with E-state index >= 15 is 0 Å². The molecule has 0 aliphatic carbocycles. The number of rotatable bonds is 2. The van der Waals surface area contributed by atoms with Gasteiger partial charge in [0.2, 0.25) is 0 Å². The number of oxazole rings is 1. The van der Waals surface area contributed by atoms with Crippen molar-refractivity contribution >= 4 is 17.1 Å². The SMILES string of the molecule is O=C(O)c1cnc(-c2nc3ccccc3o2)[nH]1. The Morgan fingerprint density at radius 3 is 2.88 bits per heavy atom. The molecule has 0 spiro atoms. The number of aromatic nitrogens is 3. The summed E-state index contributed by atoms with van der Waals surface area (Å²) >= 11 is 0. The first-order chi connectivity index (χ1) is 8.24. The summed E-state index contributed by atoms with van der Waals surface area (Å²) in [5, 5.41) is 8.76. The second kappa shape index (κ2) is 3.44. The summed E-state index contributed by atoms with van der Waals surface area (Å²) in [7, 11) is 0. The van der Waals surface area contributed by atoms with Gasteiger partial charge >= 0.3 is 5.97 Å². The predicted octanol–water partition coefficient (Wildman–Crippen LogP) is 1.92. The molecule has 1 aromatic carbocycles. The molecular weight excluding hydrogens is 222 g/mol. The first-order valence-corrected chi connectivity index (χ1v) is 4.88. The van der Waals surface area contributed by atoms with E-state index in [9.17, 15) is 4.79 Å². The van der Waals surface area contributed by atoms with Crippen LogP contribution in [0.5, 0.6) is 0 Å². The largest absolute Gasteiger partial charge is 0.477 e. The van der Waals surface area contributed by atoms with Gasteiger partial charge in [-0.1, -0.05) is 12.1 Å². The molecule has 0 bridgehead atoms. The van der Waals surface area contributed by atoms with Crippen molar-refractivity contribution in [2.24, 2.45) is 0 Å². The fourth-order valence-corrected chi connectivity index (χ4v) is 1.51. The normalized spacial score (nSPS) is 10.8. The highest BCUT2D eigenvalue weighted by Crippen LogP contribution is 2.21. The van der Waals surface area contributed by atoms with E-state index in [2.05, 4.69) is 15.0 Å². The summed E-state index contributed by atoms with van der Waals surface area (Å²) < 4.78 is 5.45. The number of hydrogen-bond acceptors (Lipinski definition) is 4. The maximum absolute atomic E-state index is 10.7. The minimum absolute atomic E-state index is 0.00209. The molecule has 0 radical (unpaired) electrons. The third kappa shape index (κ3) is 1.55. The molecule has 2 N–H and O–H groups in total. The van der Waals surface area contributed by atoms with E-state index < -0.39 is 5.97 Å². The van der Waals surface area contributed by atoms with Gasteiger partial charge < -0.3 is 14.5 Å². The van der Waals surface area contributed by atoms with Gasteiger partial charge in [0.1, 0.15) is 11.2 Å². The van der Waals surface area contributed by atoms with Crippen LogP contribution >= 0.6 is 0 Å². The summed E-state index contributed by atoms with van der Waals surface area (Å²) in [6.45, 7) is 0. The predicted molar refractivity (Wildman–Crippen MR) is 58.6 cm³/mol. The van der Waals surface area contributed by atoms with Crippen molar-refractivity contribution < 1.29 is 14.3 Å². The Morgan fingerprint density at radius 1 is 1.35 bits per heavy atom. The number of carbonyl (C=O) groups is 1. The van der Waals surface area contributed by atoms with Crippen LogP contribution in [0.1, 0.15) is 10.5 Å². The quantitative estimate of drug-likeness (QED) is 0.700. The van der Waals surface area contributed by atoms with E-state index in [1.165, 1.54) is 6.20 Å². The Hall–Kier alpha value is -2.63. The molecule has 0 atom stereocenters. The highest BCUT2D eigenvalue weighted by atomic mass is 16.4. The van der Waals surface area contributed by atoms with E-state index in [-0.39, 0.29) is 11.6 Å². The second-order valence-corrected chi connectivity index (χ2v) is 3.44. The van der Waals surface area contributed by atoms with Gasteiger partial charge in [-0.05, 0) is 12.1 Å². The summed E-state index contributed by atoms with van der Waals surface area (Å²) in [5.41, 5.74) is 1.34. The molecule has 17 heavy (non-hydrogen) atoms. The van der Waals surface area contributed by atoms with Crippen molar-refractivity contribution in [1.82, 2.24) is 15.0 Å². The lowest BCUT2D eigenvalue weighted by Crippen LogP contribution is -1.95. The number of H-pyrrole nitrogens is 1. The van der Waals surface area contributed by atoms with Crippen LogP contribution in [0.15, 0.2) is 34.9 Å². The molecule has 0 unspecified atom stereocenters. The highest BCUT2D eigenvalue weighted by molar-refractivity contribution is 5.85. The molecular formula is C11H7N3O3. The van der Waals surface area contributed by atoms with Crippen LogP contribution in [-0.2, 0) is 0 Å². The topological polar surface area (TPSA) is 92.0 Å². The van der Waals surface area contributed by atoms with Crippen LogP contribution in [0, 0.1) is 0 Å². The maximum Gasteiger partial charge on any atom is 0.353 e. The number of fused-ring (bicyclic) bond motifs is 1. The van der Waals surface area contributed by atoms with Crippen LogP contribution < -0.4 is 0 Å². The van der Waals surface area contributed by atoms with Gasteiger partial charge in [-0.2, -0.15) is 0 Å². The molecule has 6 nitrogen and oxygen atoms in total. The Morgan fingerprint density at radius 2 is 2.18 bits per heavy atom. The number of nitrogens with one attached hydrogen (secondary N) is 1. The molecule has 0 saturated carbocycles. The number of aromatic amines is 1. The molecule has 2 heterocycles. The van der Waals surface area contributed by atoms with E-state index in [0.29, 0.717) is 16.9 Å². The lowest BCUT2D eigenvalue weighted by Gasteiger charge is -1.86. The number of carboxylic acids is 1.